The van der Waals surface area contributed by atoms with Gasteiger partial charge in [0.1, 0.15) is 5.82 Å². The molecule has 3 rings (SSSR count). The van der Waals surface area contributed by atoms with E-state index in [0.29, 0.717) is 20.2 Å². The molecule has 0 spiro atoms. The summed E-state index contributed by atoms with van der Waals surface area (Å²) in [4.78, 5) is 0.610. The Morgan fingerprint density at radius 2 is 2.11 bits per heavy atom. The van der Waals surface area contributed by atoms with Crippen LogP contribution in [0.25, 0.3) is 5.65 Å². The van der Waals surface area contributed by atoms with Crippen LogP contribution in [0, 0.1) is 5.82 Å². The summed E-state index contributed by atoms with van der Waals surface area (Å²) in [5.41, 5.74) is 7.10. The summed E-state index contributed by atoms with van der Waals surface area (Å²) in [5.74, 6) is -0.356. The molecule has 0 aliphatic heterocycles. The topological polar surface area (TPSA) is 56.2 Å². The number of fused-ring (bicyclic) bond motifs is 1. The first-order chi connectivity index (χ1) is 9.15. The van der Waals surface area contributed by atoms with Gasteiger partial charge in [-0.2, -0.15) is 0 Å². The normalized spacial score (nSPS) is 11.1. The highest BCUT2D eigenvalue weighted by Gasteiger charge is 2.11. The molecule has 0 radical (unpaired) electrons. The fraction of sp³-hybridized carbons (Fsp3) is 0. The first kappa shape index (κ1) is 12.4. The van der Waals surface area contributed by atoms with Crippen molar-refractivity contribution in [1.29, 1.82) is 0 Å². The molecule has 0 saturated heterocycles. The Hall–Kier alpha value is -1.60. The third kappa shape index (κ3) is 2.31. The van der Waals surface area contributed by atoms with Gasteiger partial charge in [0, 0.05) is 16.8 Å². The van der Waals surface area contributed by atoms with E-state index in [1.807, 2.05) is 28.8 Å². The lowest BCUT2D eigenvalue weighted by molar-refractivity contribution is 0.618. The molecular formula is C12H8BrFN4S. The Morgan fingerprint density at radius 3 is 2.95 bits per heavy atom. The van der Waals surface area contributed by atoms with Gasteiger partial charge in [-0.05, 0) is 52.0 Å². The van der Waals surface area contributed by atoms with Crippen molar-refractivity contribution in [3.63, 3.8) is 0 Å². The largest absolute Gasteiger partial charge is 0.398 e. The number of nitrogens with two attached hydrogens (primary N) is 1. The number of rotatable bonds is 2. The van der Waals surface area contributed by atoms with Gasteiger partial charge in [-0.1, -0.05) is 6.07 Å². The van der Waals surface area contributed by atoms with Crippen molar-refractivity contribution in [3.05, 3.63) is 46.8 Å². The van der Waals surface area contributed by atoms with Crippen LogP contribution in [-0.4, -0.2) is 14.6 Å². The number of hydrogen-bond acceptors (Lipinski definition) is 4. The Labute approximate surface area is 121 Å². The van der Waals surface area contributed by atoms with E-state index >= 15 is 0 Å². The van der Waals surface area contributed by atoms with E-state index in [0.717, 1.165) is 5.65 Å². The second-order valence-electron chi connectivity index (χ2n) is 3.82. The SMILES string of the molecule is Nc1cc(Br)c(F)cc1Sc1nnc2ccccn12. The summed E-state index contributed by atoms with van der Waals surface area (Å²) in [7, 11) is 0. The summed E-state index contributed by atoms with van der Waals surface area (Å²) in [6, 6.07) is 8.54. The fourth-order valence-corrected chi connectivity index (χ4v) is 2.85. The van der Waals surface area contributed by atoms with Crippen LogP contribution in [0.15, 0.2) is 51.1 Å². The van der Waals surface area contributed by atoms with Crippen molar-refractivity contribution < 1.29 is 4.39 Å². The van der Waals surface area contributed by atoms with Gasteiger partial charge in [0.25, 0.3) is 0 Å². The van der Waals surface area contributed by atoms with Gasteiger partial charge in [-0.3, -0.25) is 4.40 Å². The van der Waals surface area contributed by atoms with Crippen LogP contribution in [0.1, 0.15) is 0 Å². The zero-order chi connectivity index (χ0) is 13.4. The number of nitrogens with zero attached hydrogens (tertiary/aromatic N) is 3. The first-order valence-electron chi connectivity index (χ1n) is 5.37. The number of hydrogen-bond donors (Lipinski definition) is 1. The molecule has 2 heterocycles. The Kier molecular flexibility index (Phi) is 3.16. The highest BCUT2D eigenvalue weighted by molar-refractivity contribution is 9.10. The Balaban J connectivity index is 2.04. The minimum absolute atomic E-state index is 0.348. The first-order valence-corrected chi connectivity index (χ1v) is 6.98. The van der Waals surface area contributed by atoms with Gasteiger partial charge >= 0.3 is 0 Å². The summed E-state index contributed by atoms with van der Waals surface area (Å²) in [6.07, 6.45) is 1.85. The quantitative estimate of drug-likeness (QED) is 0.728. The van der Waals surface area contributed by atoms with E-state index in [1.165, 1.54) is 17.8 Å². The third-order valence-corrected chi connectivity index (χ3v) is 4.18. The molecule has 0 unspecified atom stereocenters. The van der Waals surface area contributed by atoms with Crippen molar-refractivity contribution in [2.75, 3.05) is 5.73 Å². The minimum atomic E-state index is -0.356. The zero-order valence-corrected chi connectivity index (χ0v) is 11.9. The predicted octanol–water partition coefficient (Wildman–Crippen LogP) is 3.36. The van der Waals surface area contributed by atoms with E-state index in [1.54, 1.807) is 6.07 Å². The van der Waals surface area contributed by atoms with Crippen LogP contribution in [0.3, 0.4) is 0 Å². The molecule has 0 fully saturated rings. The van der Waals surface area contributed by atoms with Crippen molar-refractivity contribution >= 4 is 39.0 Å². The van der Waals surface area contributed by atoms with Crippen molar-refractivity contribution in [3.8, 4) is 0 Å². The maximum Gasteiger partial charge on any atom is 0.200 e. The zero-order valence-electron chi connectivity index (χ0n) is 9.55. The van der Waals surface area contributed by atoms with Gasteiger partial charge in [0.15, 0.2) is 5.65 Å². The van der Waals surface area contributed by atoms with Gasteiger partial charge in [-0.25, -0.2) is 4.39 Å². The molecule has 3 aromatic rings. The maximum absolute atomic E-state index is 13.5. The molecule has 0 bridgehead atoms. The highest BCUT2D eigenvalue weighted by atomic mass is 79.9. The number of anilines is 1. The van der Waals surface area contributed by atoms with Gasteiger partial charge in [0.2, 0.25) is 5.16 Å². The fourth-order valence-electron chi connectivity index (χ4n) is 1.62. The monoisotopic (exact) mass is 338 g/mol. The number of aromatic nitrogens is 3. The average molecular weight is 339 g/mol. The number of benzene rings is 1. The lowest BCUT2D eigenvalue weighted by Gasteiger charge is -2.05. The molecule has 7 heteroatoms. The summed E-state index contributed by atoms with van der Waals surface area (Å²) >= 11 is 4.38. The highest BCUT2D eigenvalue weighted by Crippen LogP contribution is 2.34. The summed E-state index contributed by atoms with van der Waals surface area (Å²) in [5, 5.41) is 8.75. The molecule has 96 valence electrons. The molecule has 0 saturated carbocycles. The molecule has 4 nitrogen and oxygen atoms in total. The van der Waals surface area contributed by atoms with Crippen LogP contribution in [0.4, 0.5) is 10.1 Å². The molecule has 1 aromatic carbocycles. The maximum atomic E-state index is 13.5. The van der Waals surface area contributed by atoms with Crippen molar-refractivity contribution in [1.82, 2.24) is 14.6 Å². The van der Waals surface area contributed by atoms with E-state index in [9.17, 15) is 4.39 Å². The van der Waals surface area contributed by atoms with Crippen molar-refractivity contribution in [2.45, 2.75) is 10.1 Å². The number of halogens is 2. The molecule has 0 amide bonds. The van der Waals surface area contributed by atoms with Crippen LogP contribution >= 0.6 is 27.7 Å². The summed E-state index contributed by atoms with van der Waals surface area (Å²) in [6.45, 7) is 0. The van der Waals surface area contributed by atoms with Crippen molar-refractivity contribution in [2.24, 2.45) is 0 Å². The average Bonchev–Trinajstić information content (AvgIpc) is 2.80. The third-order valence-electron chi connectivity index (χ3n) is 2.54. The van der Waals surface area contributed by atoms with Gasteiger partial charge in [-0.15, -0.1) is 10.2 Å². The minimum Gasteiger partial charge on any atom is -0.398 e. The molecule has 19 heavy (non-hydrogen) atoms. The van der Waals surface area contributed by atoms with Gasteiger partial charge in [0.05, 0.1) is 4.47 Å². The predicted molar refractivity (Wildman–Crippen MR) is 75.6 cm³/mol. The van der Waals surface area contributed by atoms with Gasteiger partial charge < -0.3 is 5.73 Å². The van der Waals surface area contributed by atoms with E-state index in [4.69, 9.17) is 5.73 Å². The van der Waals surface area contributed by atoms with Crippen LogP contribution in [0.5, 0.6) is 0 Å². The van der Waals surface area contributed by atoms with E-state index in [2.05, 4.69) is 26.1 Å². The lowest BCUT2D eigenvalue weighted by atomic mass is 10.3. The van der Waals surface area contributed by atoms with Crippen LogP contribution < -0.4 is 5.73 Å². The smallest absolute Gasteiger partial charge is 0.200 e. The number of nitrogen functional groups attached to an aromatic ring is 1. The molecule has 0 atom stereocenters. The molecular weight excluding hydrogens is 331 g/mol. The molecule has 0 aliphatic carbocycles. The molecule has 2 aromatic heterocycles. The van der Waals surface area contributed by atoms with E-state index in [-0.39, 0.29) is 5.82 Å². The number of pyridine rings is 1. The second-order valence-corrected chi connectivity index (χ2v) is 5.68. The summed E-state index contributed by atoms with van der Waals surface area (Å²) < 4.78 is 15.7. The Morgan fingerprint density at radius 1 is 1.26 bits per heavy atom. The van der Waals surface area contributed by atoms with Crippen LogP contribution in [0.2, 0.25) is 0 Å². The molecule has 2 N–H and O–H groups in total. The lowest BCUT2D eigenvalue weighted by Crippen LogP contribution is -1.93. The van der Waals surface area contributed by atoms with Crippen LogP contribution in [-0.2, 0) is 0 Å². The standard InChI is InChI=1S/C12H8BrFN4S/c13-7-5-9(15)10(6-8(7)14)19-12-17-16-11-3-1-2-4-18(11)12/h1-6H,15H2. The second kappa shape index (κ2) is 4.82. The molecule has 0 aliphatic rings. The van der Waals surface area contributed by atoms with E-state index < -0.39 is 0 Å². The Bertz CT molecular complexity index is 759.